The van der Waals surface area contributed by atoms with Crippen LogP contribution in [0.25, 0.3) is 10.8 Å². The van der Waals surface area contributed by atoms with E-state index in [0.717, 1.165) is 12.1 Å². The molecule has 2 heterocycles. The lowest BCUT2D eigenvalue weighted by Crippen LogP contribution is -2.26. The second kappa shape index (κ2) is 7.72. The second-order valence-corrected chi connectivity index (χ2v) is 6.93. The van der Waals surface area contributed by atoms with Crippen LogP contribution < -0.4 is 10.9 Å². The van der Waals surface area contributed by atoms with E-state index in [0.29, 0.717) is 17.3 Å². The molecule has 27 heavy (non-hydrogen) atoms. The number of likely N-dealkylation sites (tertiary alicyclic amines) is 1. The Kier molecular flexibility index (Phi) is 4.98. The molecule has 0 aliphatic carbocycles. The molecule has 6 nitrogen and oxygen atoms in total. The maximum absolute atomic E-state index is 12.5. The monoisotopic (exact) mass is 362 g/mol. The van der Waals surface area contributed by atoms with Crippen molar-refractivity contribution in [2.24, 2.45) is 0 Å². The number of hydrogen-bond acceptors (Lipinski definition) is 4. The summed E-state index contributed by atoms with van der Waals surface area (Å²) in [4.78, 5) is 26.8. The zero-order valence-electron chi connectivity index (χ0n) is 15.1. The Balaban J connectivity index is 1.42. The number of H-pyrrole nitrogens is 1. The highest BCUT2D eigenvalue weighted by Gasteiger charge is 2.14. The predicted octanol–water partition coefficient (Wildman–Crippen LogP) is 2.45. The molecule has 2 aromatic carbocycles. The van der Waals surface area contributed by atoms with Crippen molar-refractivity contribution in [3.63, 3.8) is 0 Å². The van der Waals surface area contributed by atoms with Crippen molar-refractivity contribution < 1.29 is 4.79 Å². The van der Waals surface area contributed by atoms with Crippen molar-refractivity contribution in [1.82, 2.24) is 20.4 Å². The molecule has 0 spiro atoms. The molecule has 6 heteroatoms. The number of aromatic nitrogens is 2. The van der Waals surface area contributed by atoms with Crippen LogP contribution >= 0.6 is 0 Å². The van der Waals surface area contributed by atoms with Crippen LogP contribution in [-0.4, -0.2) is 34.1 Å². The van der Waals surface area contributed by atoms with Gasteiger partial charge >= 0.3 is 0 Å². The number of benzene rings is 2. The van der Waals surface area contributed by atoms with E-state index in [-0.39, 0.29) is 17.2 Å². The lowest BCUT2D eigenvalue weighted by atomic mass is 10.1. The second-order valence-electron chi connectivity index (χ2n) is 6.93. The minimum atomic E-state index is -0.302. The molecule has 0 radical (unpaired) electrons. The summed E-state index contributed by atoms with van der Waals surface area (Å²) in [5, 5.41) is 10.2. The van der Waals surface area contributed by atoms with E-state index in [9.17, 15) is 9.59 Å². The van der Waals surface area contributed by atoms with Crippen molar-refractivity contribution in [2.75, 3.05) is 13.1 Å². The standard InChI is InChI=1S/C21H22N4O2/c26-20-18-6-2-1-5-17(18)19(23-24-20)21(27)22-13-15-7-9-16(10-8-15)14-25-11-3-4-12-25/h1-2,5-10H,3-4,11-14H2,(H,22,27)(H,24,26). The third-order valence-corrected chi connectivity index (χ3v) is 4.99. The maximum Gasteiger partial charge on any atom is 0.272 e. The fourth-order valence-electron chi connectivity index (χ4n) is 3.52. The predicted molar refractivity (Wildman–Crippen MR) is 104 cm³/mol. The van der Waals surface area contributed by atoms with Crippen LogP contribution in [0.2, 0.25) is 0 Å². The molecule has 4 rings (SSSR count). The highest BCUT2D eigenvalue weighted by atomic mass is 16.2. The molecular weight excluding hydrogens is 340 g/mol. The Bertz CT molecular complexity index is 1000. The molecule has 138 valence electrons. The number of carbonyl (C=O) groups excluding carboxylic acids is 1. The topological polar surface area (TPSA) is 78.1 Å². The summed E-state index contributed by atoms with van der Waals surface area (Å²) in [5.74, 6) is -0.302. The fourth-order valence-corrected chi connectivity index (χ4v) is 3.52. The summed E-state index contributed by atoms with van der Waals surface area (Å²) in [7, 11) is 0. The van der Waals surface area contributed by atoms with Crippen molar-refractivity contribution in [3.05, 3.63) is 75.7 Å². The van der Waals surface area contributed by atoms with Crippen LogP contribution in [0, 0.1) is 0 Å². The molecule has 1 saturated heterocycles. The minimum absolute atomic E-state index is 0.232. The van der Waals surface area contributed by atoms with Crippen LogP contribution in [0.15, 0.2) is 53.3 Å². The first-order chi connectivity index (χ1) is 13.2. The molecule has 3 aromatic rings. The molecule has 1 aliphatic rings. The van der Waals surface area contributed by atoms with Crippen LogP contribution in [0.3, 0.4) is 0 Å². The average Bonchev–Trinajstić information content (AvgIpc) is 3.21. The SMILES string of the molecule is O=C(NCc1ccc(CN2CCCC2)cc1)c1n[nH]c(=O)c2ccccc12. The number of hydrogen-bond donors (Lipinski definition) is 2. The van der Waals surface area contributed by atoms with Gasteiger partial charge in [-0.3, -0.25) is 14.5 Å². The van der Waals surface area contributed by atoms with Gasteiger partial charge in [0.15, 0.2) is 5.69 Å². The van der Waals surface area contributed by atoms with E-state index in [1.165, 1.54) is 31.5 Å². The number of amides is 1. The summed E-state index contributed by atoms with van der Waals surface area (Å²) in [5.41, 5.74) is 2.26. The quantitative estimate of drug-likeness (QED) is 0.731. The lowest BCUT2D eigenvalue weighted by molar-refractivity contribution is 0.0946. The summed E-state index contributed by atoms with van der Waals surface area (Å²) in [6.45, 7) is 3.76. The molecule has 1 aromatic heterocycles. The normalized spacial score (nSPS) is 14.5. The van der Waals surface area contributed by atoms with E-state index in [1.807, 2.05) is 12.1 Å². The molecule has 0 atom stereocenters. The minimum Gasteiger partial charge on any atom is -0.347 e. The Morgan fingerprint density at radius 1 is 1.00 bits per heavy atom. The van der Waals surface area contributed by atoms with E-state index in [2.05, 4.69) is 32.5 Å². The average molecular weight is 362 g/mol. The summed E-state index contributed by atoms with van der Waals surface area (Å²) < 4.78 is 0. The molecule has 1 aliphatic heterocycles. The first-order valence-corrected chi connectivity index (χ1v) is 9.26. The van der Waals surface area contributed by atoms with Gasteiger partial charge in [0, 0.05) is 18.5 Å². The van der Waals surface area contributed by atoms with Crippen molar-refractivity contribution >= 4 is 16.7 Å². The number of nitrogens with zero attached hydrogens (tertiary/aromatic N) is 2. The van der Waals surface area contributed by atoms with Gasteiger partial charge in [-0.2, -0.15) is 5.10 Å². The van der Waals surface area contributed by atoms with Crippen LogP contribution in [0.1, 0.15) is 34.5 Å². The smallest absolute Gasteiger partial charge is 0.272 e. The van der Waals surface area contributed by atoms with Gasteiger partial charge in [0.2, 0.25) is 0 Å². The Morgan fingerprint density at radius 2 is 1.67 bits per heavy atom. The van der Waals surface area contributed by atoms with Gasteiger partial charge in [0.1, 0.15) is 0 Å². The molecule has 0 bridgehead atoms. The zero-order valence-corrected chi connectivity index (χ0v) is 15.1. The van der Waals surface area contributed by atoms with E-state index in [1.54, 1.807) is 24.3 Å². The first-order valence-electron chi connectivity index (χ1n) is 9.26. The third kappa shape index (κ3) is 3.90. The molecule has 2 N–H and O–H groups in total. The van der Waals surface area contributed by atoms with Gasteiger partial charge in [-0.25, -0.2) is 5.10 Å². The van der Waals surface area contributed by atoms with Crippen LogP contribution in [0.4, 0.5) is 0 Å². The van der Waals surface area contributed by atoms with E-state index in [4.69, 9.17) is 0 Å². The van der Waals surface area contributed by atoms with Crippen LogP contribution in [0.5, 0.6) is 0 Å². The zero-order chi connectivity index (χ0) is 18.6. The highest BCUT2D eigenvalue weighted by molar-refractivity contribution is 6.04. The van der Waals surface area contributed by atoms with Gasteiger partial charge in [0.05, 0.1) is 5.39 Å². The summed E-state index contributed by atoms with van der Waals surface area (Å²) >= 11 is 0. The van der Waals surface area contributed by atoms with Crippen molar-refractivity contribution in [2.45, 2.75) is 25.9 Å². The van der Waals surface area contributed by atoms with Gasteiger partial charge < -0.3 is 5.32 Å². The molecule has 0 saturated carbocycles. The highest BCUT2D eigenvalue weighted by Crippen LogP contribution is 2.14. The summed E-state index contributed by atoms with van der Waals surface area (Å²) in [6, 6.07) is 15.3. The molecule has 1 amide bonds. The largest absolute Gasteiger partial charge is 0.347 e. The number of carbonyl (C=O) groups is 1. The Labute approximate surface area is 157 Å². The Morgan fingerprint density at radius 3 is 2.41 bits per heavy atom. The van der Waals surface area contributed by atoms with Gasteiger partial charge in [-0.15, -0.1) is 0 Å². The van der Waals surface area contributed by atoms with Crippen LogP contribution in [-0.2, 0) is 13.1 Å². The first kappa shape index (κ1) is 17.4. The van der Waals surface area contributed by atoms with E-state index >= 15 is 0 Å². The number of nitrogens with one attached hydrogen (secondary N) is 2. The Hall–Kier alpha value is -2.99. The lowest BCUT2D eigenvalue weighted by Gasteiger charge is -2.14. The van der Waals surface area contributed by atoms with Crippen molar-refractivity contribution in [1.29, 1.82) is 0 Å². The number of fused-ring (bicyclic) bond motifs is 1. The van der Waals surface area contributed by atoms with Crippen molar-refractivity contribution in [3.8, 4) is 0 Å². The summed E-state index contributed by atoms with van der Waals surface area (Å²) in [6.07, 6.45) is 2.58. The molecule has 1 fully saturated rings. The number of rotatable bonds is 5. The number of aromatic amines is 1. The fraction of sp³-hybridized carbons (Fsp3) is 0.286. The van der Waals surface area contributed by atoms with Gasteiger partial charge in [-0.05, 0) is 43.1 Å². The van der Waals surface area contributed by atoms with Gasteiger partial charge in [0.25, 0.3) is 11.5 Å². The maximum atomic E-state index is 12.5. The van der Waals surface area contributed by atoms with E-state index < -0.39 is 0 Å². The third-order valence-electron chi connectivity index (χ3n) is 4.99. The van der Waals surface area contributed by atoms with Gasteiger partial charge in [-0.1, -0.05) is 42.5 Å². The molecular formula is C21H22N4O2. The molecule has 0 unspecified atom stereocenters.